The summed E-state index contributed by atoms with van der Waals surface area (Å²) < 4.78 is 25.0. The number of unbranched alkanes of at least 4 members (excludes halogenated alkanes) is 3. The van der Waals surface area contributed by atoms with Crippen LogP contribution in [0.4, 0.5) is 4.39 Å². The Hall–Kier alpha value is -1.52. The zero-order valence-electron chi connectivity index (χ0n) is 16.3. The molecule has 0 saturated heterocycles. The average molecular weight is 407 g/mol. The van der Waals surface area contributed by atoms with E-state index >= 15 is 0 Å². The van der Waals surface area contributed by atoms with Crippen molar-refractivity contribution in [3.63, 3.8) is 0 Å². The maximum Gasteiger partial charge on any atom is 0.325 e. The van der Waals surface area contributed by atoms with Gasteiger partial charge in [0, 0.05) is 6.54 Å². The lowest BCUT2D eigenvalue weighted by Gasteiger charge is -2.08. The van der Waals surface area contributed by atoms with E-state index < -0.39 is 7.60 Å². The number of aryl methyl sites for hydroxylation is 2. The van der Waals surface area contributed by atoms with Crippen molar-refractivity contribution in [1.29, 1.82) is 0 Å². The molecule has 0 fully saturated rings. The van der Waals surface area contributed by atoms with E-state index in [9.17, 15) is 8.96 Å². The van der Waals surface area contributed by atoms with Crippen LogP contribution < -0.4 is 5.32 Å². The second kappa shape index (κ2) is 12.1. The molecule has 0 aromatic heterocycles. The van der Waals surface area contributed by atoms with Crippen LogP contribution in [0.15, 0.2) is 48.5 Å². The van der Waals surface area contributed by atoms with Crippen molar-refractivity contribution in [2.45, 2.75) is 51.5 Å². The van der Waals surface area contributed by atoms with Crippen molar-refractivity contribution < 1.29 is 18.7 Å². The van der Waals surface area contributed by atoms with E-state index in [2.05, 4.69) is 29.6 Å². The molecule has 3 N–H and O–H groups in total. The molecule has 28 heavy (non-hydrogen) atoms. The van der Waals surface area contributed by atoms with Gasteiger partial charge in [-0.2, -0.15) is 0 Å². The topological polar surface area (TPSA) is 69.6 Å². The molecule has 2 aromatic rings. The molecule has 2 rings (SSSR count). The third kappa shape index (κ3) is 9.61. The van der Waals surface area contributed by atoms with Crippen LogP contribution in [0.3, 0.4) is 0 Å². The van der Waals surface area contributed by atoms with Crippen molar-refractivity contribution in [2.24, 2.45) is 0 Å². The number of nitrogens with one attached hydrogen (secondary N) is 1. The molecular weight excluding hydrogens is 376 g/mol. The molecule has 0 radical (unpaired) electrons. The van der Waals surface area contributed by atoms with E-state index in [4.69, 9.17) is 9.79 Å². The summed E-state index contributed by atoms with van der Waals surface area (Å²) >= 11 is 0. The molecule has 4 nitrogen and oxygen atoms in total. The van der Waals surface area contributed by atoms with Gasteiger partial charge in [-0.05, 0) is 61.4 Å². The lowest BCUT2D eigenvalue weighted by Crippen LogP contribution is -2.16. The highest BCUT2D eigenvalue weighted by molar-refractivity contribution is 7.51. The Morgan fingerprint density at radius 2 is 1.57 bits per heavy atom. The Balaban J connectivity index is 1.60. The summed E-state index contributed by atoms with van der Waals surface area (Å²) in [6.45, 7) is 0.995. The predicted molar refractivity (Wildman–Crippen MR) is 112 cm³/mol. The largest absolute Gasteiger partial charge is 0.325 e. The molecule has 0 saturated carbocycles. The van der Waals surface area contributed by atoms with Gasteiger partial charge in [-0.1, -0.05) is 55.3 Å². The number of benzene rings is 2. The zero-order valence-corrected chi connectivity index (χ0v) is 17.2. The fourth-order valence-electron chi connectivity index (χ4n) is 3.19. The minimum absolute atomic E-state index is 0.126. The van der Waals surface area contributed by atoms with Crippen molar-refractivity contribution in [1.82, 2.24) is 5.32 Å². The van der Waals surface area contributed by atoms with E-state index in [0.717, 1.165) is 43.2 Å². The second-order valence-corrected chi connectivity index (χ2v) is 9.02. The Kier molecular flexibility index (Phi) is 9.86. The monoisotopic (exact) mass is 407 g/mol. The first kappa shape index (κ1) is 22.8. The lowest BCUT2D eigenvalue weighted by molar-refractivity contribution is 0.371. The molecular formula is C22H31FNO3P. The van der Waals surface area contributed by atoms with Gasteiger partial charge < -0.3 is 15.1 Å². The second-order valence-electron chi connectivity index (χ2n) is 7.24. The molecule has 0 bridgehead atoms. The first-order chi connectivity index (χ1) is 13.4. The van der Waals surface area contributed by atoms with Crippen molar-refractivity contribution in [3.05, 3.63) is 71.0 Å². The number of halogens is 1. The van der Waals surface area contributed by atoms with Gasteiger partial charge in [-0.25, -0.2) is 4.39 Å². The van der Waals surface area contributed by atoms with Gasteiger partial charge in [0.15, 0.2) is 0 Å². The Labute approximate surface area is 167 Å². The highest BCUT2D eigenvalue weighted by atomic mass is 31.2. The molecule has 0 atom stereocenters. The third-order valence-electron chi connectivity index (χ3n) is 4.75. The van der Waals surface area contributed by atoms with Gasteiger partial charge in [-0.3, -0.25) is 4.57 Å². The van der Waals surface area contributed by atoms with Crippen LogP contribution in [0.1, 0.15) is 48.8 Å². The molecule has 0 heterocycles. The average Bonchev–Trinajstić information content (AvgIpc) is 2.65. The van der Waals surface area contributed by atoms with Gasteiger partial charge in [0.1, 0.15) is 5.82 Å². The van der Waals surface area contributed by atoms with Gasteiger partial charge in [-0.15, -0.1) is 0 Å². The van der Waals surface area contributed by atoms with Crippen LogP contribution >= 0.6 is 7.60 Å². The highest BCUT2D eigenvalue weighted by Crippen LogP contribution is 2.34. The van der Waals surface area contributed by atoms with E-state index in [-0.39, 0.29) is 12.0 Å². The standard InChI is InChI=1S/C22H31FNO3P/c23-22-17-20(18-24-15-8-16-28(25,26)27)13-14-21(22)12-7-2-1-4-9-19-10-5-3-6-11-19/h3,5-6,10-11,13-14,17,24H,1-2,4,7-9,12,15-16,18H2,(H2,25,26,27). The maximum absolute atomic E-state index is 14.2. The zero-order chi connectivity index (χ0) is 20.2. The predicted octanol–water partition coefficient (Wildman–Crippen LogP) is 4.83. The van der Waals surface area contributed by atoms with Crippen LogP contribution in [-0.4, -0.2) is 22.5 Å². The minimum atomic E-state index is -3.93. The third-order valence-corrected chi connectivity index (χ3v) is 5.65. The molecule has 0 spiro atoms. The molecule has 154 valence electrons. The van der Waals surface area contributed by atoms with Crippen LogP contribution in [0.2, 0.25) is 0 Å². The van der Waals surface area contributed by atoms with E-state index in [1.807, 2.05) is 18.2 Å². The Bertz CT molecular complexity index is 749. The minimum Gasteiger partial charge on any atom is -0.324 e. The van der Waals surface area contributed by atoms with Crippen LogP contribution in [0.5, 0.6) is 0 Å². The fraction of sp³-hybridized carbons (Fsp3) is 0.455. The summed E-state index contributed by atoms with van der Waals surface area (Å²) in [4.78, 5) is 17.6. The van der Waals surface area contributed by atoms with Crippen molar-refractivity contribution in [2.75, 3.05) is 12.7 Å². The number of rotatable bonds is 13. The summed E-state index contributed by atoms with van der Waals surface area (Å²) in [5, 5.41) is 3.09. The van der Waals surface area contributed by atoms with E-state index in [1.165, 1.54) is 12.0 Å². The molecule has 0 aliphatic rings. The highest BCUT2D eigenvalue weighted by Gasteiger charge is 2.11. The van der Waals surface area contributed by atoms with E-state index in [1.54, 1.807) is 6.07 Å². The Morgan fingerprint density at radius 1 is 0.857 bits per heavy atom. The SMILES string of the molecule is O=P(O)(O)CCCNCc1ccc(CCCCCCc2ccccc2)c(F)c1. The molecule has 0 unspecified atom stereocenters. The van der Waals surface area contributed by atoms with Crippen molar-refractivity contribution in [3.8, 4) is 0 Å². The summed E-state index contributed by atoms with van der Waals surface area (Å²) in [5.41, 5.74) is 2.98. The fourth-order valence-corrected chi connectivity index (χ4v) is 3.76. The van der Waals surface area contributed by atoms with Crippen LogP contribution in [0, 0.1) is 5.82 Å². The summed E-state index contributed by atoms with van der Waals surface area (Å²) in [5.74, 6) is -0.168. The molecule has 6 heteroatoms. The first-order valence-corrected chi connectivity index (χ1v) is 11.8. The molecule has 0 aliphatic heterocycles. The van der Waals surface area contributed by atoms with Crippen LogP contribution in [-0.2, 0) is 24.0 Å². The number of hydrogen-bond donors (Lipinski definition) is 3. The lowest BCUT2D eigenvalue weighted by atomic mass is 10.0. The van der Waals surface area contributed by atoms with E-state index in [0.29, 0.717) is 19.5 Å². The smallest absolute Gasteiger partial charge is 0.324 e. The maximum atomic E-state index is 14.2. The van der Waals surface area contributed by atoms with Crippen molar-refractivity contribution >= 4 is 7.60 Å². The van der Waals surface area contributed by atoms with Gasteiger partial charge in [0.25, 0.3) is 0 Å². The van der Waals surface area contributed by atoms with Gasteiger partial charge in [0.05, 0.1) is 6.16 Å². The quantitative estimate of drug-likeness (QED) is 0.329. The molecule has 0 aliphatic carbocycles. The van der Waals surface area contributed by atoms with Crippen LogP contribution in [0.25, 0.3) is 0 Å². The van der Waals surface area contributed by atoms with Gasteiger partial charge >= 0.3 is 7.60 Å². The summed E-state index contributed by atoms with van der Waals surface area (Å²) in [7, 11) is -3.93. The molecule has 2 aromatic carbocycles. The normalized spacial score (nSPS) is 11.7. The van der Waals surface area contributed by atoms with Gasteiger partial charge in [0.2, 0.25) is 0 Å². The summed E-state index contributed by atoms with van der Waals surface area (Å²) in [6.07, 6.45) is 6.55. The summed E-state index contributed by atoms with van der Waals surface area (Å²) in [6, 6.07) is 15.8. The Morgan fingerprint density at radius 3 is 2.25 bits per heavy atom. The first-order valence-electron chi connectivity index (χ1n) is 10.0. The number of hydrogen-bond acceptors (Lipinski definition) is 2. The molecule has 0 amide bonds.